The second-order valence-corrected chi connectivity index (χ2v) is 1.73. The van der Waals surface area contributed by atoms with Crippen molar-refractivity contribution in [1.82, 2.24) is 0 Å². The van der Waals surface area contributed by atoms with E-state index < -0.39 is 0 Å². The van der Waals surface area contributed by atoms with Gasteiger partial charge in [0.25, 0.3) is 0 Å². The summed E-state index contributed by atoms with van der Waals surface area (Å²) in [6.07, 6.45) is 0. The molecule has 8 heavy (non-hydrogen) atoms. The molecule has 2 heteroatoms. The van der Waals surface area contributed by atoms with Crippen molar-refractivity contribution in [2.45, 2.75) is 0 Å². The first-order chi connectivity index (χ1) is 3.39. The fourth-order valence-corrected chi connectivity index (χ4v) is 0.560. The summed E-state index contributed by atoms with van der Waals surface area (Å²) in [5.74, 6) is 0. The van der Waals surface area contributed by atoms with E-state index in [9.17, 15) is 0 Å². The van der Waals surface area contributed by atoms with Crippen LogP contribution in [-0.2, 0) is 0 Å². The molecule has 1 aromatic rings. The van der Waals surface area contributed by atoms with Gasteiger partial charge < -0.3 is 1.43 Å². The van der Waals surface area contributed by atoms with Gasteiger partial charge in [-0.15, -0.1) is 0 Å². The molecule has 0 N–H and O–H groups in total. The summed E-state index contributed by atoms with van der Waals surface area (Å²) < 4.78 is 0. The van der Waals surface area contributed by atoms with Crippen LogP contribution < -0.4 is 18.9 Å². The molecule has 0 spiro atoms. The predicted octanol–water partition coefficient (Wildman–Crippen LogP) is -0.544. The zero-order valence-electron chi connectivity index (χ0n) is 5.76. The Labute approximate surface area is 67.5 Å². The second kappa shape index (κ2) is 4.03. The van der Waals surface area contributed by atoms with Crippen molar-refractivity contribution < 1.29 is 20.3 Å². The van der Waals surface area contributed by atoms with Gasteiger partial charge in [-0.05, 0) is 12.1 Å². The van der Waals surface area contributed by atoms with E-state index in [2.05, 4.69) is 0 Å². The molecule has 0 amide bonds. The molecule has 0 aliphatic heterocycles. The molecule has 0 fully saturated rings. The van der Waals surface area contributed by atoms with Crippen LogP contribution in [-0.4, -0.2) is 0 Å². The number of rotatable bonds is 0. The van der Waals surface area contributed by atoms with Crippen molar-refractivity contribution in [3.63, 3.8) is 0 Å². The van der Waals surface area contributed by atoms with Crippen LogP contribution in [0.1, 0.15) is 1.43 Å². The van der Waals surface area contributed by atoms with Crippen molar-refractivity contribution in [3.8, 4) is 0 Å². The maximum atomic E-state index is 5.54. The SMILES string of the molecule is Clc1ccccc1.[H-].[Li+]. The third-order valence-electron chi connectivity index (χ3n) is 0.733. The van der Waals surface area contributed by atoms with Gasteiger partial charge in [-0.25, -0.2) is 0 Å². The monoisotopic (exact) mass is 120 g/mol. The molecule has 0 saturated heterocycles. The van der Waals surface area contributed by atoms with E-state index in [0.717, 1.165) is 5.02 Å². The smallest absolute Gasteiger partial charge is 1.00 e. The molecule has 0 atom stereocenters. The van der Waals surface area contributed by atoms with E-state index in [4.69, 9.17) is 11.6 Å². The van der Waals surface area contributed by atoms with Crippen molar-refractivity contribution in [1.29, 1.82) is 0 Å². The average Bonchev–Trinajstić information content (AvgIpc) is 1.69. The van der Waals surface area contributed by atoms with Crippen LogP contribution in [0.3, 0.4) is 0 Å². The number of hydrogen-bond donors (Lipinski definition) is 0. The molecule has 38 valence electrons. The molecule has 0 bridgehead atoms. The third kappa shape index (κ3) is 2.42. The van der Waals surface area contributed by atoms with E-state index in [-0.39, 0.29) is 20.3 Å². The number of hydrogen-bond acceptors (Lipinski definition) is 0. The Kier molecular flexibility index (Phi) is 4.09. The first-order valence-electron chi connectivity index (χ1n) is 2.10. The first-order valence-corrected chi connectivity index (χ1v) is 2.48. The maximum Gasteiger partial charge on any atom is 1.00 e. The van der Waals surface area contributed by atoms with Gasteiger partial charge in [-0.2, -0.15) is 0 Å². The molecule has 0 aliphatic carbocycles. The standard InChI is InChI=1S/C6H5Cl.Li.H/c7-6-4-2-1-3-5-6;;/h1-5H;;/q;+1;-1. The molecule has 0 saturated carbocycles. The molecule has 0 heterocycles. The van der Waals surface area contributed by atoms with Crippen molar-refractivity contribution in [2.75, 3.05) is 0 Å². The summed E-state index contributed by atoms with van der Waals surface area (Å²) >= 11 is 5.54. The van der Waals surface area contributed by atoms with Crippen LogP contribution >= 0.6 is 11.6 Å². The average molecular weight is 121 g/mol. The van der Waals surface area contributed by atoms with E-state index in [1.54, 1.807) is 0 Å². The van der Waals surface area contributed by atoms with Gasteiger partial charge in [0, 0.05) is 5.02 Å². The van der Waals surface area contributed by atoms with E-state index >= 15 is 0 Å². The topological polar surface area (TPSA) is 0 Å². The molecule has 0 unspecified atom stereocenters. The van der Waals surface area contributed by atoms with Crippen LogP contribution in [0, 0.1) is 0 Å². The molecular weight excluding hydrogens is 114 g/mol. The Morgan fingerprint density at radius 1 is 1.12 bits per heavy atom. The molecule has 0 nitrogen and oxygen atoms in total. The normalized spacial score (nSPS) is 7.62. The Bertz CT molecular complexity index is 143. The molecule has 1 rings (SSSR count). The molecule has 1 aromatic carbocycles. The van der Waals surface area contributed by atoms with Gasteiger partial charge in [0.15, 0.2) is 0 Å². The molecule has 0 aliphatic rings. The maximum absolute atomic E-state index is 5.54. The van der Waals surface area contributed by atoms with Crippen LogP contribution in [0.15, 0.2) is 30.3 Å². The third-order valence-corrected chi connectivity index (χ3v) is 0.985. The summed E-state index contributed by atoms with van der Waals surface area (Å²) in [5, 5.41) is 0.794. The summed E-state index contributed by atoms with van der Waals surface area (Å²) in [7, 11) is 0. The Morgan fingerprint density at radius 3 is 1.88 bits per heavy atom. The van der Waals surface area contributed by atoms with Gasteiger partial charge in [-0.3, -0.25) is 0 Å². The Hall–Kier alpha value is 0.107. The molecular formula is C6H6ClLi. The van der Waals surface area contributed by atoms with Gasteiger partial charge in [0.05, 0.1) is 0 Å². The number of halogens is 1. The minimum atomic E-state index is 0. The van der Waals surface area contributed by atoms with Crippen LogP contribution in [0.4, 0.5) is 0 Å². The fraction of sp³-hybridized carbons (Fsp3) is 0. The predicted molar refractivity (Wildman–Crippen MR) is 32.6 cm³/mol. The second-order valence-electron chi connectivity index (χ2n) is 1.30. The van der Waals surface area contributed by atoms with Gasteiger partial charge in [-0.1, -0.05) is 29.8 Å². The Balaban J connectivity index is 0. The van der Waals surface area contributed by atoms with Crippen LogP contribution in [0.25, 0.3) is 0 Å². The van der Waals surface area contributed by atoms with Crippen LogP contribution in [0.5, 0.6) is 0 Å². The summed E-state index contributed by atoms with van der Waals surface area (Å²) in [4.78, 5) is 0. The number of benzene rings is 1. The zero-order valence-corrected chi connectivity index (χ0v) is 5.52. The Morgan fingerprint density at radius 2 is 1.62 bits per heavy atom. The minimum Gasteiger partial charge on any atom is -1.00 e. The summed E-state index contributed by atoms with van der Waals surface area (Å²) in [6.45, 7) is 0. The van der Waals surface area contributed by atoms with Crippen LogP contribution in [0.2, 0.25) is 5.02 Å². The van der Waals surface area contributed by atoms with Crippen molar-refractivity contribution in [3.05, 3.63) is 35.4 Å². The van der Waals surface area contributed by atoms with E-state index in [1.807, 2.05) is 30.3 Å². The van der Waals surface area contributed by atoms with Crippen molar-refractivity contribution in [2.24, 2.45) is 0 Å². The fourth-order valence-electron chi connectivity index (χ4n) is 0.415. The van der Waals surface area contributed by atoms with Gasteiger partial charge >= 0.3 is 18.9 Å². The van der Waals surface area contributed by atoms with Crippen molar-refractivity contribution >= 4 is 11.6 Å². The summed E-state index contributed by atoms with van der Waals surface area (Å²) in [5.41, 5.74) is 0. The van der Waals surface area contributed by atoms with Gasteiger partial charge in [0.2, 0.25) is 0 Å². The quantitative estimate of drug-likeness (QED) is 0.404. The van der Waals surface area contributed by atoms with E-state index in [0.29, 0.717) is 0 Å². The zero-order chi connectivity index (χ0) is 5.11. The first kappa shape index (κ1) is 8.11. The summed E-state index contributed by atoms with van der Waals surface area (Å²) in [6, 6.07) is 9.44. The van der Waals surface area contributed by atoms with E-state index in [1.165, 1.54) is 0 Å². The molecule has 0 radical (unpaired) electrons. The minimum absolute atomic E-state index is 0. The largest absolute Gasteiger partial charge is 1.00 e. The molecule has 0 aromatic heterocycles. The van der Waals surface area contributed by atoms with Gasteiger partial charge in [0.1, 0.15) is 0 Å².